The number of halogens is 2. The summed E-state index contributed by atoms with van der Waals surface area (Å²) in [5, 5.41) is 0. The molecule has 0 nitrogen and oxygen atoms in total. The maximum Gasteiger partial charge on any atom is 0.0234 e. The highest BCUT2D eigenvalue weighted by atomic mass is 79.9. The second kappa shape index (κ2) is 4.80. The van der Waals surface area contributed by atoms with E-state index in [-0.39, 0.29) is 0 Å². The molecule has 14 heavy (non-hydrogen) atoms. The third-order valence-corrected chi connectivity index (χ3v) is 4.43. The molecule has 1 unspecified atom stereocenters. The zero-order chi connectivity index (χ0) is 10.8. The molecule has 0 aromatic heterocycles. The van der Waals surface area contributed by atoms with Crippen molar-refractivity contribution >= 4 is 31.9 Å². The Balaban J connectivity index is 2.70. The van der Waals surface area contributed by atoms with Gasteiger partial charge in [0.1, 0.15) is 0 Å². The summed E-state index contributed by atoms with van der Waals surface area (Å²) in [6, 6.07) is 8.50. The van der Waals surface area contributed by atoms with E-state index in [9.17, 15) is 0 Å². The summed E-state index contributed by atoms with van der Waals surface area (Å²) in [5.74, 6) is 0. The van der Waals surface area contributed by atoms with Crippen LogP contribution in [0.25, 0.3) is 0 Å². The molecule has 1 aromatic rings. The van der Waals surface area contributed by atoms with Crippen LogP contribution in [0.1, 0.15) is 26.3 Å². The van der Waals surface area contributed by atoms with Gasteiger partial charge < -0.3 is 0 Å². The number of benzene rings is 1. The molecule has 0 heterocycles. The van der Waals surface area contributed by atoms with Gasteiger partial charge in [0, 0.05) is 9.30 Å². The maximum absolute atomic E-state index is 3.74. The summed E-state index contributed by atoms with van der Waals surface area (Å²) in [5.41, 5.74) is 1.68. The molecule has 78 valence electrons. The minimum atomic E-state index is 0.308. The van der Waals surface area contributed by atoms with Gasteiger partial charge >= 0.3 is 0 Å². The van der Waals surface area contributed by atoms with E-state index < -0.39 is 0 Å². The first-order valence-corrected chi connectivity index (χ1v) is 6.49. The van der Waals surface area contributed by atoms with Gasteiger partial charge in [0.05, 0.1) is 0 Å². The molecule has 0 N–H and O–H groups in total. The monoisotopic (exact) mass is 318 g/mol. The third kappa shape index (κ3) is 3.74. The van der Waals surface area contributed by atoms with Crippen LogP contribution in [0.15, 0.2) is 28.7 Å². The number of hydrogen-bond acceptors (Lipinski definition) is 0. The van der Waals surface area contributed by atoms with Crippen LogP contribution in [0.2, 0.25) is 0 Å². The Morgan fingerprint density at radius 1 is 1.29 bits per heavy atom. The standard InChI is InChI=1S/C12H16Br2/c1-12(2,3)11(14)8-9-5-4-6-10(13)7-9/h4-7,11H,8H2,1-3H3. The molecule has 0 amide bonds. The maximum atomic E-state index is 3.74. The van der Waals surface area contributed by atoms with Crippen LogP contribution in [-0.2, 0) is 6.42 Å². The Labute approximate surface area is 103 Å². The van der Waals surface area contributed by atoms with E-state index in [4.69, 9.17) is 0 Å². The highest BCUT2D eigenvalue weighted by Gasteiger charge is 2.21. The molecule has 1 aromatic carbocycles. The summed E-state index contributed by atoms with van der Waals surface area (Å²) in [6.07, 6.45) is 1.07. The molecule has 0 bridgehead atoms. The number of alkyl halides is 1. The van der Waals surface area contributed by atoms with Crippen molar-refractivity contribution in [1.82, 2.24) is 0 Å². The zero-order valence-corrected chi connectivity index (χ0v) is 12.0. The molecule has 1 rings (SSSR count). The van der Waals surface area contributed by atoms with Crippen molar-refractivity contribution in [2.75, 3.05) is 0 Å². The topological polar surface area (TPSA) is 0 Å². The molecule has 0 aliphatic carbocycles. The molecule has 0 spiro atoms. The lowest BCUT2D eigenvalue weighted by Gasteiger charge is -2.25. The van der Waals surface area contributed by atoms with Crippen molar-refractivity contribution in [3.8, 4) is 0 Å². The average Bonchev–Trinajstić information content (AvgIpc) is 2.02. The summed E-state index contributed by atoms with van der Waals surface area (Å²) in [7, 11) is 0. The largest absolute Gasteiger partial charge is 0.0881 e. The van der Waals surface area contributed by atoms with E-state index in [0.29, 0.717) is 10.2 Å². The molecule has 0 radical (unpaired) electrons. The smallest absolute Gasteiger partial charge is 0.0234 e. The Morgan fingerprint density at radius 3 is 2.43 bits per heavy atom. The van der Waals surface area contributed by atoms with Gasteiger partial charge in [0.2, 0.25) is 0 Å². The van der Waals surface area contributed by atoms with Gasteiger partial charge in [-0.1, -0.05) is 64.8 Å². The number of hydrogen-bond donors (Lipinski definition) is 0. The summed E-state index contributed by atoms with van der Waals surface area (Å²) >= 11 is 7.23. The molecule has 1 atom stereocenters. The first-order chi connectivity index (χ1) is 6.39. The second-order valence-electron chi connectivity index (χ2n) is 4.67. The quantitative estimate of drug-likeness (QED) is 0.687. The van der Waals surface area contributed by atoms with Gasteiger partial charge in [-0.05, 0) is 29.5 Å². The van der Waals surface area contributed by atoms with Crippen molar-refractivity contribution in [2.45, 2.75) is 32.0 Å². The fourth-order valence-corrected chi connectivity index (χ4v) is 2.00. The average molecular weight is 320 g/mol. The van der Waals surface area contributed by atoms with Crippen LogP contribution >= 0.6 is 31.9 Å². The Hall–Kier alpha value is 0.180. The zero-order valence-electron chi connectivity index (χ0n) is 8.85. The molecule has 0 aliphatic heterocycles. The molecule has 0 saturated heterocycles. The van der Waals surface area contributed by atoms with E-state index in [0.717, 1.165) is 10.9 Å². The van der Waals surface area contributed by atoms with Gasteiger partial charge in [0.25, 0.3) is 0 Å². The van der Waals surface area contributed by atoms with Crippen LogP contribution < -0.4 is 0 Å². The normalized spacial score (nSPS) is 14.1. The van der Waals surface area contributed by atoms with Crippen LogP contribution in [0.3, 0.4) is 0 Å². The van der Waals surface area contributed by atoms with Crippen molar-refractivity contribution in [2.24, 2.45) is 5.41 Å². The fraction of sp³-hybridized carbons (Fsp3) is 0.500. The predicted molar refractivity (Wildman–Crippen MR) is 70.0 cm³/mol. The van der Waals surface area contributed by atoms with E-state index in [1.165, 1.54) is 5.56 Å². The highest BCUT2D eigenvalue weighted by molar-refractivity contribution is 9.10. The summed E-state index contributed by atoms with van der Waals surface area (Å²) < 4.78 is 1.16. The van der Waals surface area contributed by atoms with E-state index in [1.807, 2.05) is 0 Å². The SMILES string of the molecule is CC(C)(C)C(Br)Cc1cccc(Br)c1. The second-order valence-corrected chi connectivity index (χ2v) is 6.69. The van der Waals surface area contributed by atoms with Crippen LogP contribution in [0, 0.1) is 5.41 Å². The van der Waals surface area contributed by atoms with Gasteiger partial charge in [0.15, 0.2) is 0 Å². The summed E-state index contributed by atoms with van der Waals surface area (Å²) in [6.45, 7) is 6.76. The minimum absolute atomic E-state index is 0.308. The first-order valence-electron chi connectivity index (χ1n) is 4.78. The van der Waals surface area contributed by atoms with E-state index in [2.05, 4.69) is 76.9 Å². The van der Waals surface area contributed by atoms with Crippen LogP contribution in [-0.4, -0.2) is 4.83 Å². The molecular formula is C12H16Br2. The summed E-state index contributed by atoms with van der Waals surface area (Å²) in [4.78, 5) is 0.518. The van der Waals surface area contributed by atoms with Crippen molar-refractivity contribution < 1.29 is 0 Å². The highest BCUT2D eigenvalue weighted by Crippen LogP contribution is 2.29. The lowest BCUT2D eigenvalue weighted by molar-refractivity contribution is 0.398. The van der Waals surface area contributed by atoms with E-state index in [1.54, 1.807) is 0 Å². The Bertz CT molecular complexity index is 299. The van der Waals surface area contributed by atoms with Gasteiger partial charge in [-0.15, -0.1) is 0 Å². The molecule has 2 heteroatoms. The first kappa shape index (κ1) is 12.3. The van der Waals surface area contributed by atoms with Crippen molar-refractivity contribution in [1.29, 1.82) is 0 Å². The van der Waals surface area contributed by atoms with Crippen LogP contribution in [0.5, 0.6) is 0 Å². The molecule has 0 aliphatic rings. The van der Waals surface area contributed by atoms with Gasteiger partial charge in [-0.25, -0.2) is 0 Å². The molecule has 0 saturated carbocycles. The minimum Gasteiger partial charge on any atom is -0.0881 e. The lowest BCUT2D eigenvalue weighted by Crippen LogP contribution is -2.22. The Morgan fingerprint density at radius 2 is 1.93 bits per heavy atom. The van der Waals surface area contributed by atoms with Crippen molar-refractivity contribution in [3.05, 3.63) is 34.3 Å². The predicted octanol–water partition coefficient (Wildman–Crippen LogP) is 4.80. The van der Waals surface area contributed by atoms with Crippen LogP contribution in [0.4, 0.5) is 0 Å². The molecule has 0 fully saturated rings. The third-order valence-electron chi connectivity index (χ3n) is 2.24. The Kier molecular flexibility index (Phi) is 4.20. The fourth-order valence-electron chi connectivity index (χ4n) is 1.18. The van der Waals surface area contributed by atoms with Crippen molar-refractivity contribution in [3.63, 3.8) is 0 Å². The lowest BCUT2D eigenvalue weighted by atomic mass is 9.88. The van der Waals surface area contributed by atoms with Gasteiger partial charge in [-0.2, -0.15) is 0 Å². The van der Waals surface area contributed by atoms with Gasteiger partial charge in [-0.3, -0.25) is 0 Å². The van der Waals surface area contributed by atoms with E-state index >= 15 is 0 Å². The molecular weight excluding hydrogens is 304 g/mol. The number of rotatable bonds is 2.